The minimum Gasteiger partial charge on any atom is -0.214 e. The van der Waals surface area contributed by atoms with Crippen molar-refractivity contribution in [1.82, 2.24) is 0 Å². The Kier molecular flexibility index (Phi) is 10.8. The molecule has 3 aromatic rings. The fourth-order valence-corrected chi connectivity index (χ4v) is 1.12. The Labute approximate surface area is 122 Å². The van der Waals surface area contributed by atoms with Crippen LogP contribution < -0.4 is 0 Å². The van der Waals surface area contributed by atoms with Crippen LogP contribution in [0.5, 0.6) is 0 Å². The van der Waals surface area contributed by atoms with Crippen LogP contribution in [-0.2, 0) is 18.6 Å². The van der Waals surface area contributed by atoms with E-state index in [0.717, 1.165) is 5.56 Å². The molecule has 1 heteroatoms. The van der Waals surface area contributed by atoms with Crippen LogP contribution in [0, 0.1) is 6.92 Å². The summed E-state index contributed by atoms with van der Waals surface area (Å²) in [5.74, 6) is 0. The second kappa shape index (κ2) is 11.8. The zero-order chi connectivity index (χ0) is 12.2. The van der Waals surface area contributed by atoms with E-state index in [1.807, 2.05) is 91.0 Å². The first-order valence-electron chi connectivity index (χ1n) is 5.60. The van der Waals surface area contributed by atoms with E-state index in [2.05, 4.69) is 6.92 Å². The van der Waals surface area contributed by atoms with Crippen LogP contribution in [0.4, 0.5) is 0 Å². The average Bonchev–Trinajstić information content (AvgIpc) is 3.09. The normalized spacial score (nSPS) is 7.78. The summed E-state index contributed by atoms with van der Waals surface area (Å²) < 4.78 is 0. The van der Waals surface area contributed by atoms with Gasteiger partial charge in [0.15, 0.2) is 0 Å². The molecule has 0 nitrogen and oxygen atoms in total. The summed E-state index contributed by atoms with van der Waals surface area (Å²) in [7, 11) is 0. The zero-order valence-corrected chi connectivity index (χ0v) is 11.7. The molecule has 0 amide bonds. The third-order valence-electron chi connectivity index (χ3n) is 1.95. The van der Waals surface area contributed by atoms with Gasteiger partial charge in [0.2, 0.25) is 0 Å². The van der Waals surface area contributed by atoms with Crippen molar-refractivity contribution in [3.8, 4) is 0 Å². The molecule has 3 rings (SSSR count). The summed E-state index contributed by atoms with van der Waals surface area (Å²) >= 11 is 0. The van der Waals surface area contributed by atoms with Gasteiger partial charge in [-0.25, -0.2) is 24.3 Å². The Morgan fingerprint density at radius 3 is 1.17 bits per heavy atom. The molecule has 0 aliphatic heterocycles. The van der Waals surface area contributed by atoms with Crippen LogP contribution >= 0.6 is 0 Å². The van der Waals surface area contributed by atoms with E-state index in [1.54, 1.807) is 0 Å². The number of rotatable bonds is 0. The Balaban J connectivity index is 0.000000239. The average molecular weight is 272 g/mol. The van der Waals surface area contributed by atoms with Gasteiger partial charge in [0.25, 0.3) is 0 Å². The molecule has 1 radical (unpaired) electrons. The number of hydrogen-bond donors (Lipinski definition) is 0. The van der Waals surface area contributed by atoms with Crippen LogP contribution in [0.25, 0.3) is 0 Å². The molecule has 18 heavy (non-hydrogen) atoms. The second-order valence-electron chi connectivity index (χ2n) is 3.41. The predicted octanol–water partition coefficient (Wildman–Crippen LogP) is 4.68. The van der Waals surface area contributed by atoms with Crippen LogP contribution in [0.3, 0.4) is 0 Å². The summed E-state index contributed by atoms with van der Waals surface area (Å²) in [6.45, 7) is 3.72. The van der Waals surface area contributed by atoms with Gasteiger partial charge in [-0.2, -0.15) is 61.0 Å². The van der Waals surface area contributed by atoms with E-state index < -0.39 is 0 Å². The monoisotopic (exact) mass is 272 g/mol. The molecular weight excluding hydrogens is 255 g/mol. The molecule has 0 aromatic heterocycles. The van der Waals surface area contributed by atoms with Crippen molar-refractivity contribution in [2.75, 3.05) is 0 Å². The molecule has 0 heterocycles. The van der Waals surface area contributed by atoms with Gasteiger partial charge in [-0.1, -0.05) is 6.07 Å². The van der Waals surface area contributed by atoms with Crippen molar-refractivity contribution in [3.05, 3.63) is 103 Å². The fraction of sp³-hybridized carbons (Fsp3) is 0. The molecule has 0 spiro atoms. The molecule has 93 valence electrons. The summed E-state index contributed by atoms with van der Waals surface area (Å²) in [6, 6.07) is 29.9. The SMILES string of the molecule is [CH2-]c1ccccc1.[V].c1cc[cH-]c1.c1cc[cH-]c1. The first-order chi connectivity index (χ1) is 8.39. The topological polar surface area (TPSA) is 0 Å². The molecule has 0 aliphatic carbocycles. The smallest absolute Gasteiger partial charge is 0 e. The largest absolute Gasteiger partial charge is 0.214 e. The Bertz CT molecular complexity index is 363. The molecule has 0 aliphatic rings. The molecule has 0 N–H and O–H groups in total. The molecule has 0 saturated carbocycles. The van der Waals surface area contributed by atoms with E-state index in [4.69, 9.17) is 0 Å². The first-order valence-corrected chi connectivity index (χ1v) is 5.60. The fourth-order valence-electron chi connectivity index (χ4n) is 1.12. The van der Waals surface area contributed by atoms with Crippen molar-refractivity contribution in [2.45, 2.75) is 0 Å². The zero-order valence-electron chi connectivity index (χ0n) is 10.3. The standard InChI is InChI=1S/C7H7.2C5H5.V/c1-7-5-3-2-4-6-7;2*1-2-4-5-3-1;/h2-6H,1H2;2*1-5H;/q3*-1;. The van der Waals surface area contributed by atoms with Gasteiger partial charge >= 0.3 is 0 Å². The third-order valence-corrected chi connectivity index (χ3v) is 1.95. The predicted molar refractivity (Wildman–Crippen MR) is 75.0 cm³/mol. The summed E-state index contributed by atoms with van der Waals surface area (Å²) in [5, 5.41) is 0. The quantitative estimate of drug-likeness (QED) is 0.521. The number of hydrogen-bond acceptors (Lipinski definition) is 0. The van der Waals surface area contributed by atoms with Crippen LogP contribution in [-0.4, -0.2) is 0 Å². The van der Waals surface area contributed by atoms with Crippen LogP contribution in [0.1, 0.15) is 5.56 Å². The Morgan fingerprint density at radius 1 is 0.611 bits per heavy atom. The van der Waals surface area contributed by atoms with Crippen molar-refractivity contribution in [2.24, 2.45) is 0 Å². The molecule has 0 saturated heterocycles. The van der Waals surface area contributed by atoms with Crippen molar-refractivity contribution >= 4 is 0 Å². The maximum Gasteiger partial charge on any atom is 0 e. The van der Waals surface area contributed by atoms with Gasteiger partial charge in [-0.3, -0.25) is 0 Å². The van der Waals surface area contributed by atoms with E-state index in [-0.39, 0.29) is 18.6 Å². The maximum absolute atomic E-state index is 3.72. The summed E-state index contributed by atoms with van der Waals surface area (Å²) in [6.07, 6.45) is 0. The van der Waals surface area contributed by atoms with E-state index in [0.29, 0.717) is 0 Å². The molecule has 3 aromatic carbocycles. The summed E-state index contributed by atoms with van der Waals surface area (Å²) in [4.78, 5) is 0. The second-order valence-corrected chi connectivity index (χ2v) is 3.41. The van der Waals surface area contributed by atoms with Crippen molar-refractivity contribution < 1.29 is 18.6 Å². The molecular formula is C17H17V-3. The van der Waals surface area contributed by atoms with Gasteiger partial charge in [-0.15, -0.1) is 12.1 Å². The maximum atomic E-state index is 3.72. The Morgan fingerprint density at radius 2 is 1.00 bits per heavy atom. The van der Waals surface area contributed by atoms with E-state index >= 15 is 0 Å². The van der Waals surface area contributed by atoms with Gasteiger partial charge in [0.05, 0.1) is 0 Å². The van der Waals surface area contributed by atoms with Crippen LogP contribution in [0.15, 0.2) is 91.0 Å². The minimum absolute atomic E-state index is 0. The third kappa shape index (κ3) is 9.59. The van der Waals surface area contributed by atoms with Gasteiger partial charge < -0.3 is 0 Å². The van der Waals surface area contributed by atoms with Crippen molar-refractivity contribution in [3.63, 3.8) is 0 Å². The van der Waals surface area contributed by atoms with E-state index in [1.165, 1.54) is 0 Å². The number of benzene rings is 1. The minimum atomic E-state index is 0. The molecule has 0 atom stereocenters. The molecule has 0 fully saturated rings. The van der Waals surface area contributed by atoms with Crippen molar-refractivity contribution in [1.29, 1.82) is 0 Å². The van der Waals surface area contributed by atoms with E-state index in [9.17, 15) is 0 Å². The first kappa shape index (κ1) is 16.4. The van der Waals surface area contributed by atoms with Gasteiger partial charge in [0.1, 0.15) is 0 Å². The van der Waals surface area contributed by atoms with Gasteiger partial charge in [-0.05, 0) is 0 Å². The van der Waals surface area contributed by atoms with Crippen LogP contribution in [0.2, 0.25) is 0 Å². The Hall–Kier alpha value is -1.63. The van der Waals surface area contributed by atoms with Gasteiger partial charge in [0, 0.05) is 18.6 Å². The molecule has 0 unspecified atom stereocenters. The summed E-state index contributed by atoms with van der Waals surface area (Å²) in [5.41, 5.74) is 1.07. The molecule has 0 bridgehead atoms.